The van der Waals surface area contributed by atoms with Crippen molar-refractivity contribution in [1.82, 2.24) is 10.2 Å². The van der Waals surface area contributed by atoms with E-state index in [1.807, 2.05) is 0 Å². The Morgan fingerprint density at radius 1 is 1.20 bits per heavy atom. The topological polar surface area (TPSA) is 15.3 Å². The van der Waals surface area contributed by atoms with Crippen LogP contribution in [0, 0.1) is 0 Å². The number of likely N-dealkylation sites (N-methyl/N-ethyl adjacent to an activating group) is 1. The fourth-order valence-corrected chi connectivity index (χ4v) is 3.74. The number of nitrogens with zero attached hydrogens (tertiary/aromatic N) is 1. The first-order valence-electron chi connectivity index (χ1n) is 8.15. The molecule has 0 aromatic heterocycles. The summed E-state index contributed by atoms with van der Waals surface area (Å²) in [5.41, 5.74) is 1.76. The number of hydrogen-bond donors (Lipinski definition) is 1. The molecule has 0 aliphatic carbocycles. The molecule has 112 valence electrons. The van der Waals surface area contributed by atoms with E-state index in [9.17, 15) is 0 Å². The number of benzene rings is 1. The third-order valence-electron chi connectivity index (χ3n) is 4.75. The maximum Gasteiger partial charge on any atom is 0.0478 e. The van der Waals surface area contributed by atoms with Crippen molar-refractivity contribution >= 4 is 0 Å². The lowest BCUT2D eigenvalue weighted by molar-refractivity contribution is 0.0857. The van der Waals surface area contributed by atoms with Crippen molar-refractivity contribution < 1.29 is 0 Å². The third kappa shape index (κ3) is 3.24. The predicted molar refractivity (Wildman–Crippen MR) is 87.0 cm³/mol. The van der Waals surface area contributed by atoms with Crippen molar-refractivity contribution in [3.8, 4) is 0 Å². The summed E-state index contributed by atoms with van der Waals surface area (Å²) in [6.07, 6.45) is 3.84. The van der Waals surface area contributed by atoms with Crippen molar-refractivity contribution in [1.29, 1.82) is 0 Å². The monoisotopic (exact) mass is 274 g/mol. The molecule has 1 aliphatic rings. The molecule has 2 nitrogen and oxygen atoms in total. The first-order chi connectivity index (χ1) is 9.60. The molecule has 0 amide bonds. The smallest absolute Gasteiger partial charge is 0.0478 e. The zero-order valence-electron chi connectivity index (χ0n) is 13.5. The summed E-state index contributed by atoms with van der Waals surface area (Å²) in [6.45, 7) is 11.6. The van der Waals surface area contributed by atoms with E-state index in [2.05, 4.69) is 68.2 Å². The summed E-state index contributed by atoms with van der Waals surface area (Å²) >= 11 is 0. The molecule has 1 saturated heterocycles. The van der Waals surface area contributed by atoms with E-state index < -0.39 is 0 Å². The highest BCUT2D eigenvalue weighted by atomic mass is 15.3. The van der Waals surface area contributed by atoms with Gasteiger partial charge < -0.3 is 5.32 Å². The molecule has 2 atom stereocenters. The van der Waals surface area contributed by atoms with Gasteiger partial charge in [0.25, 0.3) is 0 Å². The van der Waals surface area contributed by atoms with Crippen molar-refractivity contribution in [2.75, 3.05) is 13.1 Å². The minimum absolute atomic E-state index is 0.336. The van der Waals surface area contributed by atoms with E-state index in [1.54, 1.807) is 0 Å². The molecule has 1 N–H and O–H groups in total. The Balaban J connectivity index is 2.26. The predicted octanol–water partition coefficient (Wildman–Crippen LogP) is 3.99. The molecule has 2 rings (SSSR count). The minimum atomic E-state index is 0.336. The van der Waals surface area contributed by atoms with E-state index in [1.165, 1.54) is 31.4 Å². The molecule has 2 unspecified atom stereocenters. The molecule has 1 fully saturated rings. The van der Waals surface area contributed by atoms with Gasteiger partial charge in [0.1, 0.15) is 0 Å². The average molecular weight is 274 g/mol. The van der Waals surface area contributed by atoms with Gasteiger partial charge in [-0.2, -0.15) is 0 Å². The Hall–Kier alpha value is -0.860. The van der Waals surface area contributed by atoms with Gasteiger partial charge in [-0.05, 0) is 51.8 Å². The molecule has 0 radical (unpaired) electrons. The number of rotatable bonds is 6. The van der Waals surface area contributed by atoms with Crippen LogP contribution in [0.4, 0.5) is 0 Å². The van der Waals surface area contributed by atoms with Gasteiger partial charge >= 0.3 is 0 Å². The number of nitrogens with one attached hydrogen (secondary N) is 1. The van der Waals surface area contributed by atoms with E-state index >= 15 is 0 Å². The van der Waals surface area contributed by atoms with E-state index in [4.69, 9.17) is 0 Å². The highest BCUT2D eigenvalue weighted by molar-refractivity contribution is 5.21. The van der Waals surface area contributed by atoms with Gasteiger partial charge in [0, 0.05) is 17.6 Å². The molecule has 0 saturated carbocycles. The van der Waals surface area contributed by atoms with Crippen molar-refractivity contribution in [3.63, 3.8) is 0 Å². The second-order valence-corrected chi connectivity index (χ2v) is 6.53. The standard InChI is InChI=1S/C18H30N2/c1-5-16(20-14-10-13-18(20,3)4)17(19-6-2)15-11-8-7-9-12-15/h7-9,11-12,16-17,19H,5-6,10,13-14H2,1-4H3. The molecule has 2 heteroatoms. The normalized spacial score (nSPS) is 21.8. The van der Waals surface area contributed by atoms with E-state index in [0.29, 0.717) is 17.6 Å². The van der Waals surface area contributed by atoms with Crippen molar-refractivity contribution in [3.05, 3.63) is 35.9 Å². The van der Waals surface area contributed by atoms with Crippen LogP contribution in [0.2, 0.25) is 0 Å². The zero-order valence-corrected chi connectivity index (χ0v) is 13.5. The lowest BCUT2D eigenvalue weighted by atomic mass is 9.92. The molecule has 0 spiro atoms. The van der Waals surface area contributed by atoms with Crippen LogP contribution in [0.1, 0.15) is 58.6 Å². The van der Waals surface area contributed by atoms with Gasteiger partial charge in [-0.15, -0.1) is 0 Å². The Kier molecular flexibility index (Phi) is 5.22. The van der Waals surface area contributed by atoms with Crippen LogP contribution in [0.25, 0.3) is 0 Å². The van der Waals surface area contributed by atoms with Crippen LogP contribution in [-0.4, -0.2) is 29.6 Å². The molecule has 1 aromatic carbocycles. The second-order valence-electron chi connectivity index (χ2n) is 6.53. The fraction of sp³-hybridized carbons (Fsp3) is 0.667. The first-order valence-corrected chi connectivity index (χ1v) is 8.15. The summed E-state index contributed by atoms with van der Waals surface area (Å²) in [6, 6.07) is 12.0. The average Bonchev–Trinajstić information content (AvgIpc) is 2.79. The van der Waals surface area contributed by atoms with Gasteiger partial charge in [0.15, 0.2) is 0 Å². The van der Waals surface area contributed by atoms with Gasteiger partial charge in [0.2, 0.25) is 0 Å². The Labute approximate surface area is 124 Å². The van der Waals surface area contributed by atoms with E-state index in [-0.39, 0.29) is 0 Å². The van der Waals surface area contributed by atoms with Crippen LogP contribution >= 0.6 is 0 Å². The van der Waals surface area contributed by atoms with Crippen LogP contribution in [-0.2, 0) is 0 Å². The minimum Gasteiger partial charge on any atom is -0.309 e. The van der Waals surface area contributed by atoms with Crippen LogP contribution in [0.3, 0.4) is 0 Å². The summed E-state index contributed by atoms with van der Waals surface area (Å²) in [5.74, 6) is 0. The van der Waals surface area contributed by atoms with Crippen LogP contribution in [0.15, 0.2) is 30.3 Å². The Morgan fingerprint density at radius 3 is 2.40 bits per heavy atom. The first kappa shape index (κ1) is 15.5. The molecule has 20 heavy (non-hydrogen) atoms. The summed E-state index contributed by atoms with van der Waals surface area (Å²) < 4.78 is 0. The van der Waals surface area contributed by atoms with Crippen molar-refractivity contribution in [2.45, 2.75) is 64.6 Å². The van der Waals surface area contributed by atoms with Gasteiger partial charge in [-0.1, -0.05) is 44.2 Å². The van der Waals surface area contributed by atoms with Crippen LogP contribution < -0.4 is 5.32 Å². The summed E-state index contributed by atoms with van der Waals surface area (Å²) in [4.78, 5) is 2.73. The second kappa shape index (κ2) is 6.73. The Morgan fingerprint density at radius 2 is 1.90 bits per heavy atom. The highest BCUT2D eigenvalue weighted by Crippen LogP contribution is 2.35. The van der Waals surface area contributed by atoms with Gasteiger partial charge in [-0.25, -0.2) is 0 Å². The quantitative estimate of drug-likeness (QED) is 0.844. The maximum absolute atomic E-state index is 3.72. The Bertz CT molecular complexity index is 399. The van der Waals surface area contributed by atoms with Gasteiger partial charge in [-0.3, -0.25) is 4.90 Å². The SMILES string of the molecule is CCNC(c1ccccc1)C(CC)N1CCCC1(C)C. The molecule has 1 heterocycles. The maximum atomic E-state index is 3.72. The zero-order chi connectivity index (χ0) is 14.6. The number of hydrogen-bond acceptors (Lipinski definition) is 2. The summed E-state index contributed by atoms with van der Waals surface area (Å²) in [7, 11) is 0. The van der Waals surface area contributed by atoms with E-state index in [0.717, 1.165) is 6.54 Å². The number of likely N-dealkylation sites (tertiary alicyclic amines) is 1. The fourth-order valence-electron chi connectivity index (χ4n) is 3.74. The molecule has 1 aliphatic heterocycles. The lowest BCUT2D eigenvalue weighted by Crippen LogP contribution is -2.50. The van der Waals surface area contributed by atoms with Crippen molar-refractivity contribution in [2.24, 2.45) is 0 Å². The molecular formula is C18H30N2. The molecule has 0 bridgehead atoms. The van der Waals surface area contributed by atoms with Gasteiger partial charge in [0.05, 0.1) is 0 Å². The van der Waals surface area contributed by atoms with Crippen LogP contribution in [0.5, 0.6) is 0 Å². The molecule has 1 aromatic rings. The highest BCUT2D eigenvalue weighted by Gasteiger charge is 2.39. The molecular weight excluding hydrogens is 244 g/mol. The third-order valence-corrected chi connectivity index (χ3v) is 4.75. The summed E-state index contributed by atoms with van der Waals surface area (Å²) in [5, 5.41) is 3.72. The lowest BCUT2D eigenvalue weighted by Gasteiger charge is -2.42. The largest absolute Gasteiger partial charge is 0.309 e.